The minimum Gasteiger partial charge on any atom is -0.457 e. The van der Waals surface area contributed by atoms with Crippen LogP contribution in [0.5, 0.6) is 0 Å². The first kappa shape index (κ1) is 23.6. The minimum atomic E-state index is -0.515. The van der Waals surface area contributed by atoms with Gasteiger partial charge in [-0.3, -0.25) is 0 Å². The van der Waals surface area contributed by atoms with Gasteiger partial charge in [0.2, 0.25) is 5.76 Å². The van der Waals surface area contributed by atoms with Crippen LogP contribution in [0.2, 0.25) is 0 Å². The molecule has 0 spiro atoms. The topological polar surface area (TPSA) is 56.5 Å². The summed E-state index contributed by atoms with van der Waals surface area (Å²) in [5.41, 5.74) is 4.49. The van der Waals surface area contributed by atoms with Gasteiger partial charge in [-0.25, -0.2) is 0 Å². The van der Waals surface area contributed by atoms with Crippen LogP contribution in [0.3, 0.4) is 0 Å². The van der Waals surface area contributed by atoms with E-state index < -0.39 is 6.79 Å². The molecule has 2 aromatic heterocycles. The number of allylic oxidation sites excluding steroid dienone is 1. The van der Waals surface area contributed by atoms with Crippen molar-refractivity contribution in [2.45, 2.75) is 0 Å². The molecule has 0 aliphatic rings. The van der Waals surface area contributed by atoms with Crippen LogP contribution in [0.15, 0.2) is 115 Å². The van der Waals surface area contributed by atoms with Crippen molar-refractivity contribution >= 4 is 45.8 Å². The number of aliphatic hydroxyl groups is 1. The number of para-hydroxylation sites is 2. The van der Waals surface area contributed by atoms with Crippen LogP contribution in [0.25, 0.3) is 26.3 Å². The number of ether oxygens (including phenoxy) is 1. The molecular formula is C30H22N2O2S2. The number of nitrogens with zero attached hydrogens (tertiary/aromatic N) is 2. The fraction of sp³-hybridized carbons (Fsp3) is 0.0333. The number of hydrogen-bond donors (Lipinski definition) is 1. The molecule has 0 saturated carbocycles. The summed E-state index contributed by atoms with van der Waals surface area (Å²) in [7, 11) is 0. The number of anilines is 3. The summed E-state index contributed by atoms with van der Waals surface area (Å²) in [4.78, 5) is 6.62. The number of rotatable bonds is 8. The van der Waals surface area contributed by atoms with Crippen LogP contribution in [0.4, 0.5) is 17.1 Å². The summed E-state index contributed by atoms with van der Waals surface area (Å²) >= 11 is 3.31. The average Bonchev–Trinajstić information content (AvgIpc) is 3.60. The Morgan fingerprint density at radius 3 is 1.89 bits per heavy atom. The van der Waals surface area contributed by atoms with Crippen molar-refractivity contribution in [3.63, 3.8) is 0 Å². The summed E-state index contributed by atoms with van der Waals surface area (Å²) in [6, 6.07) is 39.6. The monoisotopic (exact) mass is 506 g/mol. The van der Waals surface area contributed by atoms with E-state index in [-0.39, 0.29) is 5.76 Å². The lowest BCUT2D eigenvalue weighted by molar-refractivity contribution is 0.0506. The quantitative estimate of drug-likeness (QED) is 0.130. The molecule has 1 N–H and O–H groups in total. The molecule has 0 saturated heterocycles. The predicted molar refractivity (Wildman–Crippen MR) is 150 cm³/mol. The van der Waals surface area contributed by atoms with E-state index in [1.807, 2.05) is 30.3 Å². The van der Waals surface area contributed by atoms with Gasteiger partial charge in [0.15, 0.2) is 6.79 Å². The predicted octanol–water partition coefficient (Wildman–Crippen LogP) is 8.44. The van der Waals surface area contributed by atoms with Crippen molar-refractivity contribution in [3.8, 4) is 26.3 Å². The largest absolute Gasteiger partial charge is 0.457 e. The van der Waals surface area contributed by atoms with Gasteiger partial charge in [-0.2, -0.15) is 5.26 Å². The molecule has 6 heteroatoms. The Hall–Kier alpha value is -4.15. The summed E-state index contributed by atoms with van der Waals surface area (Å²) in [6.45, 7) is -0.515. The Balaban J connectivity index is 1.40. The third kappa shape index (κ3) is 5.24. The highest BCUT2D eigenvalue weighted by atomic mass is 32.1. The van der Waals surface area contributed by atoms with E-state index >= 15 is 0 Å². The molecule has 5 aromatic rings. The molecule has 4 nitrogen and oxygen atoms in total. The van der Waals surface area contributed by atoms with Crippen LogP contribution in [-0.4, -0.2) is 11.9 Å². The van der Waals surface area contributed by atoms with E-state index in [4.69, 9.17) is 15.1 Å². The van der Waals surface area contributed by atoms with Crippen molar-refractivity contribution in [2.75, 3.05) is 11.7 Å². The third-order valence-corrected chi connectivity index (χ3v) is 7.88. The molecule has 176 valence electrons. The molecule has 0 amide bonds. The zero-order valence-corrected chi connectivity index (χ0v) is 20.9. The Morgan fingerprint density at radius 2 is 1.28 bits per heavy atom. The number of nitriles is 1. The van der Waals surface area contributed by atoms with Gasteiger partial charge < -0.3 is 14.7 Å². The first-order valence-electron chi connectivity index (χ1n) is 11.3. The second-order valence-corrected chi connectivity index (χ2v) is 10.0. The van der Waals surface area contributed by atoms with Crippen molar-refractivity contribution < 1.29 is 9.84 Å². The van der Waals surface area contributed by atoms with Crippen molar-refractivity contribution in [2.24, 2.45) is 0 Å². The number of hydrogen-bond acceptors (Lipinski definition) is 6. The van der Waals surface area contributed by atoms with Gasteiger partial charge in [-0.15, -0.1) is 22.7 Å². The van der Waals surface area contributed by atoms with Gasteiger partial charge >= 0.3 is 0 Å². The summed E-state index contributed by atoms with van der Waals surface area (Å²) in [5, 5.41) is 18.0. The van der Waals surface area contributed by atoms with Crippen molar-refractivity contribution in [1.29, 1.82) is 5.26 Å². The zero-order valence-electron chi connectivity index (χ0n) is 19.2. The Labute approximate surface area is 218 Å². The van der Waals surface area contributed by atoms with Crippen LogP contribution < -0.4 is 4.90 Å². The second kappa shape index (κ2) is 11.1. The van der Waals surface area contributed by atoms with Gasteiger partial charge in [0.05, 0.1) is 0 Å². The Bertz CT molecular complexity index is 1460. The fourth-order valence-corrected chi connectivity index (χ4v) is 5.91. The second-order valence-electron chi connectivity index (χ2n) is 7.81. The van der Waals surface area contributed by atoms with Gasteiger partial charge in [-0.05, 0) is 66.2 Å². The lowest BCUT2D eigenvalue weighted by atomic mass is 10.1. The highest BCUT2D eigenvalue weighted by molar-refractivity contribution is 7.24. The van der Waals surface area contributed by atoms with E-state index in [0.717, 1.165) is 37.3 Å². The Kier molecular flexibility index (Phi) is 7.25. The molecule has 3 aromatic carbocycles. The molecule has 0 radical (unpaired) electrons. The highest BCUT2D eigenvalue weighted by Crippen LogP contribution is 2.40. The van der Waals surface area contributed by atoms with E-state index in [1.54, 1.807) is 28.7 Å². The smallest absolute Gasteiger partial charge is 0.201 e. The molecule has 2 heterocycles. The molecule has 0 atom stereocenters. The van der Waals surface area contributed by atoms with E-state index in [9.17, 15) is 0 Å². The SMILES string of the molecule is N#C/C(=C\c1ccc(-c2ccc(-c3ccc(N(c4ccccc4)c4ccccc4)cc3)s2)s1)OCO. The van der Waals surface area contributed by atoms with Gasteiger partial charge in [-0.1, -0.05) is 48.5 Å². The van der Waals surface area contributed by atoms with Gasteiger partial charge in [0.25, 0.3) is 0 Å². The molecule has 0 fully saturated rings. The zero-order chi connectivity index (χ0) is 24.7. The standard InChI is InChI=1S/C30H22N2O2S2/c31-20-26(34-21-33)19-27-15-16-29(35-27)30-18-17-28(36-30)22-11-13-25(14-12-22)32(23-7-3-1-4-8-23)24-9-5-2-6-10-24/h1-19,33H,21H2/b26-19+. The third-order valence-electron chi connectivity index (χ3n) is 5.52. The minimum absolute atomic E-state index is 0.0953. The summed E-state index contributed by atoms with van der Waals surface area (Å²) in [6.07, 6.45) is 1.64. The van der Waals surface area contributed by atoms with E-state index in [1.165, 1.54) is 4.88 Å². The van der Waals surface area contributed by atoms with Crippen molar-refractivity contribution in [1.82, 2.24) is 0 Å². The summed E-state index contributed by atoms with van der Waals surface area (Å²) in [5.74, 6) is 0.0953. The highest BCUT2D eigenvalue weighted by Gasteiger charge is 2.13. The molecule has 0 unspecified atom stereocenters. The van der Waals surface area contributed by atoms with E-state index in [2.05, 4.69) is 89.8 Å². The fourth-order valence-electron chi connectivity index (χ4n) is 3.87. The maximum Gasteiger partial charge on any atom is 0.201 e. The van der Waals surface area contributed by atoms with Gasteiger partial charge in [0.1, 0.15) is 6.07 Å². The molecule has 0 bridgehead atoms. The van der Waals surface area contributed by atoms with Crippen molar-refractivity contribution in [3.05, 3.63) is 120 Å². The lowest BCUT2D eigenvalue weighted by Gasteiger charge is -2.25. The summed E-state index contributed by atoms with van der Waals surface area (Å²) < 4.78 is 4.92. The Morgan fingerprint density at radius 1 is 0.722 bits per heavy atom. The normalized spacial score (nSPS) is 11.2. The molecule has 0 aliphatic carbocycles. The van der Waals surface area contributed by atoms with Gasteiger partial charge in [0, 0.05) is 42.6 Å². The maximum absolute atomic E-state index is 9.10. The number of aliphatic hydroxyl groups excluding tert-OH is 1. The van der Waals surface area contributed by atoms with Crippen LogP contribution >= 0.6 is 22.7 Å². The maximum atomic E-state index is 9.10. The van der Waals surface area contributed by atoms with E-state index in [0.29, 0.717) is 0 Å². The average molecular weight is 507 g/mol. The first-order chi connectivity index (χ1) is 17.7. The molecule has 36 heavy (non-hydrogen) atoms. The number of thiophene rings is 2. The van der Waals surface area contributed by atoms with Crippen LogP contribution in [-0.2, 0) is 4.74 Å². The lowest BCUT2D eigenvalue weighted by Crippen LogP contribution is -2.09. The molecule has 0 aliphatic heterocycles. The van der Waals surface area contributed by atoms with Crippen LogP contribution in [0.1, 0.15) is 4.88 Å². The number of benzene rings is 3. The first-order valence-corrected chi connectivity index (χ1v) is 12.9. The molecule has 5 rings (SSSR count). The van der Waals surface area contributed by atoms with Crippen LogP contribution in [0, 0.1) is 11.3 Å². The molecular weight excluding hydrogens is 484 g/mol.